The van der Waals surface area contributed by atoms with Gasteiger partial charge < -0.3 is 25.3 Å². The van der Waals surface area contributed by atoms with Gasteiger partial charge in [0, 0.05) is 24.0 Å². The number of hydrogen-bond donors (Lipinski definition) is 2. The molecular formula is C22H24N4O3. The second-order valence-corrected chi connectivity index (χ2v) is 6.07. The van der Waals surface area contributed by atoms with Gasteiger partial charge in [-0.15, -0.1) is 0 Å². The number of pyridine rings is 1. The van der Waals surface area contributed by atoms with E-state index >= 15 is 0 Å². The summed E-state index contributed by atoms with van der Waals surface area (Å²) in [5, 5.41) is 3.05. The van der Waals surface area contributed by atoms with Crippen LogP contribution in [0.3, 0.4) is 0 Å². The quantitative estimate of drug-likeness (QED) is 0.441. The molecule has 2 aromatic carbocycles. The van der Waals surface area contributed by atoms with E-state index in [1.165, 1.54) is 0 Å². The van der Waals surface area contributed by atoms with E-state index in [9.17, 15) is 0 Å². The summed E-state index contributed by atoms with van der Waals surface area (Å²) in [6, 6.07) is 18.6. The Bertz CT molecular complexity index is 958. The third-order valence-electron chi connectivity index (χ3n) is 3.93. The molecule has 29 heavy (non-hydrogen) atoms. The summed E-state index contributed by atoms with van der Waals surface area (Å²) in [5.74, 6) is 3.02. The predicted molar refractivity (Wildman–Crippen MR) is 114 cm³/mol. The molecule has 0 amide bonds. The van der Waals surface area contributed by atoms with Crippen molar-refractivity contribution in [3.05, 3.63) is 72.4 Å². The van der Waals surface area contributed by atoms with Crippen LogP contribution in [0.1, 0.15) is 12.5 Å². The molecular weight excluding hydrogens is 368 g/mol. The van der Waals surface area contributed by atoms with E-state index in [0.29, 0.717) is 30.7 Å². The van der Waals surface area contributed by atoms with Crippen LogP contribution < -0.4 is 25.3 Å². The van der Waals surface area contributed by atoms with Crippen LogP contribution in [0.5, 0.6) is 23.1 Å². The second-order valence-electron chi connectivity index (χ2n) is 6.07. The number of hydrogen-bond acceptors (Lipinski definition) is 5. The van der Waals surface area contributed by atoms with Crippen LogP contribution in [-0.4, -0.2) is 24.7 Å². The molecule has 0 spiro atoms. The SMILES string of the molecule is CCOc1ccc(Oc2cc(CN=C(N)Nc3cccc(OC)c3)ccn2)cc1. The van der Waals surface area contributed by atoms with E-state index < -0.39 is 0 Å². The minimum absolute atomic E-state index is 0.309. The van der Waals surface area contributed by atoms with Crippen LogP contribution in [0.15, 0.2) is 71.9 Å². The summed E-state index contributed by atoms with van der Waals surface area (Å²) in [6.07, 6.45) is 1.68. The van der Waals surface area contributed by atoms with Crippen molar-refractivity contribution in [3.8, 4) is 23.1 Å². The fourth-order valence-electron chi connectivity index (χ4n) is 2.56. The molecule has 3 aromatic rings. The van der Waals surface area contributed by atoms with Crippen molar-refractivity contribution in [2.45, 2.75) is 13.5 Å². The van der Waals surface area contributed by atoms with E-state index in [1.807, 2.05) is 67.6 Å². The molecule has 0 unspecified atom stereocenters. The van der Waals surface area contributed by atoms with Crippen LogP contribution in [0.4, 0.5) is 5.69 Å². The highest BCUT2D eigenvalue weighted by molar-refractivity contribution is 5.92. The van der Waals surface area contributed by atoms with E-state index in [2.05, 4.69) is 15.3 Å². The largest absolute Gasteiger partial charge is 0.497 e. The van der Waals surface area contributed by atoms with Gasteiger partial charge in [0.1, 0.15) is 17.2 Å². The molecule has 0 fully saturated rings. The van der Waals surface area contributed by atoms with Gasteiger partial charge >= 0.3 is 0 Å². The Hall–Kier alpha value is -3.74. The number of benzene rings is 2. The Morgan fingerprint density at radius 1 is 1.03 bits per heavy atom. The third-order valence-corrected chi connectivity index (χ3v) is 3.93. The van der Waals surface area contributed by atoms with Gasteiger partial charge in [0.25, 0.3) is 0 Å². The maximum atomic E-state index is 5.98. The minimum atomic E-state index is 0.309. The van der Waals surface area contributed by atoms with Crippen molar-refractivity contribution in [1.29, 1.82) is 0 Å². The lowest BCUT2D eigenvalue weighted by Crippen LogP contribution is -2.22. The first-order chi connectivity index (χ1) is 14.2. The average Bonchev–Trinajstić information content (AvgIpc) is 2.74. The van der Waals surface area contributed by atoms with Gasteiger partial charge in [0.2, 0.25) is 5.88 Å². The lowest BCUT2D eigenvalue weighted by molar-refractivity contribution is 0.339. The van der Waals surface area contributed by atoms with Gasteiger partial charge in [0.05, 0.1) is 20.3 Å². The molecule has 7 heteroatoms. The Morgan fingerprint density at radius 3 is 2.59 bits per heavy atom. The second kappa shape index (κ2) is 9.98. The van der Waals surface area contributed by atoms with Crippen LogP contribution in [0, 0.1) is 0 Å². The molecule has 0 radical (unpaired) electrons. The number of anilines is 1. The van der Waals surface area contributed by atoms with Crippen LogP contribution >= 0.6 is 0 Å². The molecule has 0 aliphatic carbocycles. The number of methoxy groups -OCH3 is 1. The first-order valence-corrected chi connectivity index (χ1v) is 9.23. The normalized spacial score (nSPS) is 11.0. The zero-order chi connectivity index (χ0) is 20.5. The van der Waals surface area contributed by atoms with E-state index in [4.69, 9.17) is 19.9 Å². The van der Waals surface area contributed by atoms with Crippen molar-refractivity contribution in [1.82, 2.24) is 4.98 Å². The summed E-state index contributed by atoms with van der Waals surface area (Å²) >= 11 is 0. The molecule has 0 aliphatic rings. The molecule has 1 aromatic heterocycles. The van der Waals surface area contributed by atoms with Gasteiger partial charge in [0.15, 0.2) is 5.96 Å². The van der Waals surface area contributed by atoms with Gasteiger partial charge in [-0.3, -0.25) is 0 Å². The highest BCUT2D eigenvalue weighted by Gasteiger charge is 2.03. The lowest BCUT2D eigenvalue weighted by Gasteiger charge is -2.08. The Labute approximate surface area is 170 Å². The minimum Gasteiger partial charge on any atom is -0.497 e. The summed E-state index contributed by atoms with van der Waals surface area (Å²) < 4.78 is 16.4. The maximum Gasteiger partial charge on any atom is 0.219 e. The summed E-state index contributed by atoms with van der Waals surface area (Å²) in [4.78, 5) is 8.61. The summed E-state index contributed by atoms with van der Waals surface area (Å²) in [6.45, 7) is 2.96. The molecule has 0 bridgehead atoms. The average molecular weight is 392 g/mol. The first kappa shape index (κ1) is 20.0. The standard InChI is InChI=1S/C22H24N4O3/c1-3-28-18-7-9-19(10-8-18)29-21-13-16(11-12-24-21)15-25-22(23)26-17-5-4-6-20(14-17)27-2/h4-14H,3,15H2,1-2H3,(H3,23,25,26). The summed E-state index contributed by atoms with van der Waals surface area (Å²) in [5.41, 5.74) is 7.72. The number of aliphatic imine (C=N–C) groups is 1. The van der Waals surface area contributed by atoms with E-state index in [0.717, 1.165) is 22.7 Å². The van der Waals surface area contributed by atoms with Gasteiger partial charge in [-0.1, -0.05) is 6.07 Å². The molecule has 0 atom stereocenters. The maximum absolute atomic E-state index is 5.98. The zero-order valence-electron chi connectivity index (χ0n) is 16.5. The number of aromatic nitrogens is 1. The van der Waals surface area contributed by atoms with Crippen LogP contribution in [0.2, 0.25) is 0 Å². The fraction of sp³-hybridized carbons (Fsp3) is 0.182. The third kappa shape index (κ3) is 6.14. The number of nitrogens with two attached hydrogens (primary N) is 1. The molecule has 0 saturated carbocycles. The highest BCUT2D eigenvalue weighted by Crippen LogP contribution is 2.23. The highest BCUT2D eigenvalue weighted by atomic mass is 16.5. The topological polar surface area (TPSA) is 91.0 Å². The van der Waals surface area contributed by atoms with Crippen molar-refractivity contribution in [2.75, 3.05) is 19.0 Å². The zero-order valence-corrected chi connectivity index (χ0v) is 16.5. The van der Waals surface area contributed by atoms with Crippen LogP contribution in [0.25, 0.3) is 0 Å². The number of nitrogens with one attached hydrogen (secondary N) is 1. The molecule has 150 valence electrons. The number of guanidine groups is 1. The van der Waals surface area contributed by atoms with E-state index in [1.54, 1.807) is 13.3 Å². The first-order valence-electron chi connectivity index (χ1n) is 9.23. The van der Waals surface area contributed by atoms with Crippen LogP contribution in [-0.2, 0) is 6.54 Å². The van der Waals surface area contributed by atoms with E-state index in [-0.39, 0.29) is 0 Å². The number of rotatable bonds is 8. The summed E-state index contributed by atoms with van der Waals surface area (Å²) in [7, 11) is 1.62. The van der Waals surface area contributed by atoms with Crippen molar-refractivity contribution in [2.24, 2.45) is 10.7 Å². The predicted octanol–water partition coefficient (Wildman–Crippen LogP) is 4.21. The fourth-order valence-corrected chi connectivity index (χ4v) is 2.56. The van der Waals surface area contributed by atoms with Gasteiger partial charge in [-0.05, 0) is 55.0 Å². The van der Waals surface area contributed by atoms with Crippen molar-refractivity contribution < 1.29 is 14.2 Å². The lowest BCUT2D eigenvalue weighted by atomic mass is 10.2. The number of ether oxygens (including phenoxy) is 3. The molecule has 0 saturated heterocycles. The van der Waals surface area contributed by atoms with Gasteiger partial charge in [-0.2, -0.15) is 0 Å². The Kier molecular flexibility index (Phi) is 6.89. The monoisotopic (exact) mass is 392 g/mol. The molecule has 1 heterocycles. The van der Waals surface area contributed by atoms with Gasteiger partial charge in [-0.25, -0.2) is 9.98 Å². The Morgan fingerprint density at radius 2 is 1.83 bits per heavy atom. The molecule has 0 aliphatic heterocycles. The number of nitrogens with zero attached hydrogens (tertiary/aromatic N) is 2. The van der Waals surface area contributed by atoms with Crippen molar-refractivity contribution in [3.63, 3.8) is 0 Å². The molecule has 3 rings (SSSR count). The smallest absolute Gasteiger partial charge is 0.219 e. The molecule has 3 N–H and O–H groups in total. The molecule has 7 nitrogen and oxygen atoms in total. The Balaban J connectivity index is 1.60. The van der Waals surface area contributed by atoms with Crippen molar-refractivity contribution >= 4 is 11.6 Å².